The number of hydrogen-bond acceptors (Lipinski definition) is 3. The Labute approximate surface area is 93.3 Å². The molecule has 0 atom stereocenters. The van der Waals surface area contributed by atoms with Crippen LogP contribution in [0.4, 0.5) is 0 Å². The van der Waals surface area contributed by atoms with Gasteiger partial charge in [-0.2, -0.15) is 0 Å². The second-order valence-corrected chi connectivity index (χ2v) is 4.33. The molecule has 0 unspecified atom stereocenters. The quantitative estimate of drug-likeness (QED) is 0.629. The van der Waals surface area contributed by atoms with Crippen molar-refractivity contribution in [3.8, 4) is 0 Å². The van der Waals surface area contributed by atoms with Gasteiger partial charge in [0.1, 0.15) is 0 Å². The summed E-state index contributed by atoms with van der Waals surface area (Å²) >= 11 is 0. The summed E-state index contributed by atoms with van der Waals surface area (Å²) in [6.07, 6.45) is 7.19. The predicted molar refractivity (Wildman–Crippen MR) is 61.9 cm³/mol. The van der Waals surface area contributed by atoms with Crippen LogP contribution in [0.3, 0.4) is 0 Å². The Bertz CT molecular complexity index is 136. The van der Waals surface area contributed by atoms with E-state index in [2.05, 4.69) is 0 Å². The van der Waals surface area contributed by atoms with Crippen LogP contribution in [-0.2, 0) is 9.47 Å². The average Bonchev–Trinajstić information content (AvgIpc) is 2.29. The molecule has 0 amide bonds. The highest BCUT2D eigenvalue weighted by Crippen LogP contribution is 2.14. The Morgan fingerprint density at radius 3 is 2.53 bits per heavy atom. The van der Waals surface area contributed by atoms with Gasteiger partial charge in [-0.25, -0.2) is 0 Å². The van der Waals surface area contributed by atoms with Crippen LogP contribution >= 0.6 is 0 Å². The monoisotopic (exact) mass is 215 g/mol. The molecule has 3 nitrogen and oxygen atoms in total. The van der Waals surface area contributed by atoms with Crippen molar-refractivity contribution in [2.24, 2.45) is 11.7 Å². The van der Waals surface area contributed by atoms with Gasteiger partial charge in [-0.05, 0) is 38.1 Å². The SMILES string of the molecule is NCCCCCCOCC1CCOCC1. The molecule has 0 spiro atoms. The lowest BCUT2D eigenvalue weighted by molar-refractivity contribution is 0.0198. The third-order valence-corrected chi connectivity index (χ3v) is 2.94. The van der Waals surface area contributed by atoms with Crippen LogP contribution in [0.1, 0.15) is 38.5 Å². The number of unbranched alkanes of at least 4 members (excludes halogenated alkanes) is 3. The van der Waals surface area contributed by atoms with Crippen molar-refractivity contribution in [1.82, 2.24) is 0 Å². The standard InChI is InChI=1S/C12H25NO2/c13-7-3-1-2-4-8-15-11-12-5-9-14-10-6-12/h12H,1-11,13H2. The Balaban J connectivity index is 1.79. The molecule has 3 heteroatoms. The number of hydrogen-bond donors (Lipinski definition) is 1. The molecule has 1 aliphatic rings. The van der Waals surface area contributed by atoms with Gasteiger partial charge in [0.25, 0.3) is 0 Å². The van der Waals surface area contributed by atoms with Gasteiger partial charge in [0.2, 0.25) is 0 Å². The van der Waals surface area contributed by atoms with Crippen LogP contribution in [0.2, 0.25) is 0 Å². The zero-order valence-corrected chi connectivity index (χ0v) is 9.75. The van der Waals surface area contributed by atoms with Gasteiger partial charge in [0.05, 0.1) is 0 Å². The van der Waals surface area contributed by atoms with Crippen LogP contribution in [0.25, 0.3) is 0 Å². The van der Waals surface area contributed by atoms with Crippen molar-refractivity contribution in [1.29, 1.82) is 0 Å². The van der Waals surface area contributed by atoms with Gasteiger partial charge >= 0.3 is 0 Å². The maximum absolute atomic E-state index is 5.67. The largest absolute Gasteiger partial charge is 0.381 e. The average molecular weight is 215 g/mol. The lowest BCUT2D eigenvalue weighted by atomic mass is 10.0. The van der Waals surface area contributed by atoms with Crippen LogP contribution in [0, 0.1) is 5.92 Å². The molecular formula is C12H25NO2. The van der Waals surface area contributed by atoms with Crippen molar-refractivity contribution in [2.45, 2.75) is 38.5 Å². The summed E-state index contributed by atoms with van der Waals surface area (Å²) in [5.74, 6) is 0.739. The highest BCUT2D eigenvalue weighted by Gasteiger charge is 2.13. The molecule has 15 heavy (non-hydrogen) atoms. The van der Waals surface area contributed by atoms with E-state index in [0.717, 1.165) is 45.3 Å². The molecule has 0 aromatic carbocycles. The lowest BCUT2D eigenvalue weighted by Crippen LogP contribution is -2.20. The molecule has 0 bridgehead atoms. The van der Waals surface area contributed by atoms with Crippen LogP contribution in [0.15, 0.2) is 0 Å². The van der Waals surface area contributed by atoms with Crippen LogP contribution in [0.5, 0.6) is 0 Å². The molecule has 1 aliphatic heterocycles. The van der Waals surface area contributed by atoms with Crippen molar-refractivity contribution in [2.75, 3.05) is 33.0 Å². The van der Waals surface area contributed by atoms with Crippen molar-refractivity contribution in [3.05, 3.63) is 0 Å². The van der Waals surface area contributed by atoms with Gasteiger partial charge in [-0.15, -0.1) is 0 Å². The van der Waals surface area contributed by atoms with Gasteiger partial charge in [0.15, 0.2) is 0 Å². The molecule has 0 aromatic rings. The van der Waals surface area contributed by atoms with E-state index in [1.807, 2.05) is 0 Å². The van der Waals surface area contributed by atoms with Gasteiger partial charge < -0.3 is 15.2 Å². The van der Waals surface area contributed by atoms with E-state index in [9.17, 15) is 0 Å². The molecule has 0 aliphatic carbocycles. The summed E-state index contributed by atoms with van der Waals surface area (Å²) in [4.78, 5) is 0. The van der Waals surface area contributed by atoms with Gasteiger partial charge in [0, 0.05) is 26.4 Å². The third kappa shape index (κ3) is 6.88. The number of nitrogens with two attached hydrogens (primary N) is 1. The summed E-state index contributed by atoms with van der Waals surface area (Å²) < 4.78 is 11.0. The van der Waals surface area contributed by atoms with Crippen molar-refractivity contribution in [3.63, 3.8) is 0 Å². The highest BCUT2D eigenvalue weighted by atomic mass is 16.5. The number of ether oxygens (including phenoxy) is 2. The molecule has 1 rings (SSSR count). The zero-order valence-electron chi connectivity index (χ0n) is 9.75. The van der Waals surface area contributed by atoms with E-state index in [4.69, 9.17) is 15.2 Å². The highest BCUT2D eigenvalue weighted by molar-refractivity contribution is 4.62. The van der Waals surface area contributed by atoms with Gasteiger partial charge in [-0.3, -0.25) is 0 Å². The minimum Gasteiger partial charge on any atom is -0.381 e. The molecule has 0 aromatic heterocycles. The van der Waals surface area contributed by atoms with Crippen molar-refractivity contribution < 1.29 is 9.47 Å². The first kappa shape index (κ1) is 12.9. The van der Waals surface area contributed by atoms with E-state index in [-0.39, 0.29) is 0 Å². The molecule has 1 fully saturated rings. The fourth-order valence-corrected chi connectivity index (χ4v) is 1.87. The van der Waals surface area contributed by atoms with Crippen molar-refractivity contribution >= 4 is 0 Å². The van der Waals surface area contributed by atoms with Gasteiger partial charge in [-0.1, -0.05) is 12.8 Å². The summed E-state index contributed by atoms with van der Waals surface area (Å²) in [6.45, 7) is 4.51. The van der Waals surface area contributed by atoms with Crippen LogP contribution < -0.4 is 5.73 Å². The summed E-state index contributed by atoms with van der Waals surface area (Å²) in [5, 5.41) is 0. The second kappa shape index (κ2) is 9.13. The normalized spacial score (nSPS) is 18.2. The molecular weight excluding hydrogens is 190 g/mol. The van der Waals surface area contributed by atoms with E-state index < -0.39 is 0 Å². The Morgan fingerprint density at radius 2 is 1.80 bits per heavy atom. The minimum absolute atomic E-state index is 0.739. The smallest absolute Gasteiger partial charge is 0.0495 e. The minimum atomic E-state index is 0.739. The Morgan fingerprint density at radius 1 is 1.07 bits per heavy atom. The molecule has 1 saturated heterocycles. The lowest BCUT2D eigenvalue weighted by Gasteiger charge is -2.21. The summed E-state index contributed by atoms with van der Waals surface area (Å²) in [6, 6.07) is 0. The maximum Gasteiger partial charge on any atom is 0.0495 e. The Kier molecular flexibility index (Phi) is 7.88. The first-order valence-electron chi connectivity index (χ1n) is 6.29. The van der Waals surface area contributed by atoms with E-state index in [1.165, 1.54) is 32.1 Å². The first-order valence-corrected chi connectivity index (χ1v) is 6.29. The zero-order chi connectivity index (χ0) is 10.8. The molecule has 0 radical (unpaired) electrons. The first-order chi connectivity index (χ1) is 7.43. The molecule has 90 valence electrons. The fourth-order valence-electron chi connectivity index (χ4n) is 1.87. The predicted octanol–water partition coefficient (Wildman–Crippen LogP) is 1.95. The summed E-state index contributed by atoms with van der Waals surface area (Å²) in [7, 11) is 0. The topological polar surface area (TPSA) is 44.5 Å². The number of rotatable bonds is 8. The Hall–Kier alpha value is -0.120. The molecule has 0 saturated carbocycles. The fraction of sp³-hybridized carbons (Fsp3) is 1.00. The van der Waals surface area contributed by atoms with E-state index >= 15 is 0 Å². The second-order valence-electron chi connectivity index (χ2n) is 4.33. The van der Waals surface area contributed by atoms with Crippen LogP contribution in [-0.4, -0.2) is 33.0 Å². The summed E-state index contributed by atoms with van der Waals surface area (Å²) in [5.41, 5.74) is 5.42. The molecule has 2 N–H and O–H groups in total. The molecule has 1 heterocycles. The van der Waals surface area contributed by atoms with E-state index in [1.54, 1.807) is 0 Å². The third-order valence-electron chi connectivity index (χ3n) is 2.94. The maximum atomic E-state index is 5.67. The van der Waals surface area contributed by atoms with E-state index in [0.29, 0.717) is 0 Å².